The predicted octanol–water partition coefficient (Wildman–Crippen LogP) is -1.17. The molecule has 2 saturated heterocycles. The Kier molecular flexibility index (Phi) is 8.60. The zero-order valence-corrected chi connectivity index (χ0v) is 15.5. The number of nitrogens with zero attached hydrogens (tertiary/aromatic N) is 4. The van der Waals surface area contributed by atoms with E-state index in [-0.39, 0.29) is 12.5 Å². The van der Waals surface area contributed by atoms with E-state index < -0.39 is 5.97 Å². The van der Waals surface area contributed by atoms with Crippen molar-refractivity contribution in [3.8, 4) is 0 Å². The fraction of sp³-hybridized carbons (Fsp3) is 0.882. The average Bonchev–Trinajstić information content (AvgIpc) is 2.59. The van der Waals surface area contributed by atoms with E-state index in [2.05, 4.69) is 24.9 Å². The van der Waals surface area contributed by atoms with E-state index in [1.807, 2.05) is 0 Å². The second-order valence-electron chi connectivity index (χ2n) is 7.01. The Balaban J connectivity index is 1.96. The van der Waals surface area contributed by atoms with Crippen molar-refractivity contribution < 1.29 is 14.7 Å². The maximum absolute atomic E-state index is 11.7. The quantitative estimate of drug-likeness (QED) is 0.658. The summed E-state index contributed by atoms with van der Waals surface area (Å²) < 4.78 is 0. The van der Waals surface area contributed by atoms with Crippen molar-refractivity contribution in [1.82, 2.24) is 24.9 Å². The Morgan fingerprint density at radius 1 is 0.760 bits per heavy atom. The molecule has 0 saturated carbocycles. The zero-order chi connectivity index (χ0) is 18.1. The standard InChI is InChI=1S/C17H33N5O3/c1-18-16(23)14-21-6-2-4-20-9-8-19(10-12-21)5-3-7-22(13-11-20)15-17(24)25/h2-15H2,1H3,(H,18,23)(H,24,25). The molecule has 0 aromatic heterocycles. The highest BCUT2D eigenvalue weighted by atomic mass is 16.4. The largest absolute Gasteiger partial charge is 0.480 e. The molecule has 2 bridgehead atoms. The van der Waals surface area contributed by atoms with Crippen molar-refractivity contribution in [2.75, 3.05) is 85.6 Å². The summed E-state index contributed by atoms with van der Waals surface area (Å²) in [6, 6.07) is 0. The molecule has 0 radical (unpaired) electrons. The van der Waals surface area contributed by atoms with Crippen molar-refractivity contribution >= 4 is 11.9 Å². The molecule has 2 N–H and O–H groups in total. The molecule has 25 heavy (non-hydrogen) atoms. The summed E-state index contributed by atoms with van der Waals surface area (Å²) in [6.45, 7) is 10.0. The molecule has 0 spiro atoms. The van der Waals surface area contributed by atoms with Gasteiger partial charge in [0.2, 0.25) is 5.91 Å². The summed E-state index contributed by atoms with van der Waals surface area (Å²) in [5.41, 5.74) is 0. The monoisotopic (exact) mass is 355 g/mol. The van der Waals surface area contributed by atoms with Crippen LogP contribution in [0.1, 0.15) is 12.8 Å². The number of likely N-dealkylation sites (N-methyl/N-ethyl adjacent to an activating group) is 1. The molecular weight excluding hydrogens is 322 g/mol. The molecule has 2 aliphatic heterocycles. The van der Waals surface area contributed by atoms with Gasteiger partial charge in [-0.3, -0.25) is 19.4 Å². The first-order valence-electron chi connectivity index (χ1n) is 9.38. The third-order valence-electron chi connectivity index (χ3n) is 5.10. The lowest BCUT2D eigenvalue weighted by molar-refractivity contribution is -0.138. The molecule has 2 atom stereocenters. The number of nitrogens with one attached hydrogen (secondary N) is 1. The number of carboxylic acid groups (broad SMARTS) is 1. The number of aliphatic carboxylic acids is 1. The first-order chi connectivity index (χ1) is 12.1. The summed E-state index contributed by atoms with van der Waals surface area (Å²) in [5.74, 6) is -0.669. The first kappa shape index (κ1) is 20.1. The maximum atomic E-state index is 11.7. The molecule has 2 rings (SSSR count). The summed E-state index contributed by atoms with van der Waals surface area (Å²) >= 11 is 0. The van der Waals surface area contributed by atoms with E-state index in [4.69, 9.17) is 5.11 Å². The average molecular weight is 355 g/mol. The number of carbonyl (C=O) groups excluding carboxylic acids is 1. The molecule has 8 nitrogen and oxygen atoms in total. The Hall–Kier alpha value is -1.22. The minimum Gasteiger partial charge on any atom is -0.480 e. The summed E-state index contributed by atoms with van der Waals surface area (Å²) in [5, 5.41) is 11.8. The Morgan fingerprint density at radius 2 is 1.24 bits per heavy atom. The van der Waals surface area contributed by atoms with Crippen LogP contribution in [0.3, 0.4) is 0 Å². The third-order valence-corrected chi connectivity index (χ3v) is 5.10. The van der Waals surface area contributed by atoms with E-state index in [0.29, 0.717) is 6.54 Å². The van der Waals surface area contributed by atoms with Gasteiger partial charge in [-0.1, -0.05) is 0 Å². The Morgan fingerprint density at radius 3 is 1.72 bits per heavy atom. The first-order valence-corrected chi connectivity index (χ1v) is 9.38. The van der Waals surface area contributed by atoms with Gasteiger partial charge in [0.25, 0.3) is 0 Å². The van der Waals surface area contributed by atoms with Crippen molar-refractivity contribution in [3.05, 3.63) is 0 Å². The van der Waals surface area contributed by atoms with Crippen LogP contribution in [0, 0.1) is 0 Å². The Labute approximate surface area is 150 Å². The van der Waals surface area contributed by atoms with E-state index in [0.717, 1.165) is 78.3 Å². The van der Waals surface area contributed by atoms with Gasteiger partial charge in [-0.15, -0.1) is 0 Å². The van der Waals surface area contributed by atoms with E-state index in [9.17, 15) is 9.59 Å². The molecule has 8 heteroatoms. The van der Waals surface area contributed by atoms with Crippen LogP contribution in [-0.4, -0.2) is 122 Å². The van der Waals surface area contributed by atoms with Crippen molar-refractivity contribution in [3.63, 3.8) is 0 Å². The molecule has 2 aliphatic rings. The van der Waals surface area contributed by atoms with Crippen LogP contribution in [0.25, 0.3) is 0 Å². The lowest BCUT2D eigenvalue weighted by Gasteiger charge is -2.35. The molecule has 2 heterocycles. The highest BCUT2D eigenvalue weighted by molar-refractivity contribution is 5.77. The summed E-state index contributed by atoms with van der Waals surface area (Å²) in [4.78, 5) is 32.0. The van der Waals surface area contributed by atoms with Crippen LogP contribution in [0.2, 0.25) is 0 Å². The summed E-state index contributed by atoms with van der Waals surface area (Å²) in [7, 11) is 1.69. The molecule has 0 aromatic carbocycles. The second-order valence-corrected chi connectivity index (χ2v) is 7.01. The van der Waals surface area contributed by atoms with Crippen LogP contribution in [-0.2, 0) is 9.59 Å². The van der Waals surface area contributed by atoms with Crippen LogP contribution in [0.5, 0.6) is 0 Å². The van der Waals surface area contributed by atoms with Crippen LogP contribution in [0.15, 0.2) is 0 Å². The lowest BCUT2D eigenvalue weighted by Crippen LogP contribution is -2.48. The van der Waals surface area contributed by atoms with Crippen molar-refractivity contribution in [2.24, 2.45) is 0 Å². The van der Waals surface area contributed by atoms with Gasteiger partial charge in [-0.05, 0) is 32.5 Å². The normalized spacial score (nSPS) is 27.6. The topological polar surface area (TPSA) is 79.4 Å². The number of carbonyl (C=O) groups is 2. The van der Waals surface area contributed by atoms with Crippen LogP contribution < -0.4 is 5.32 Å². The molecule has 1 amide bonds. The number of carboxylic acids is 1. The van der Waals surface area contributed by atoms with Gasteiger partial charge < -0.3 is 20.2 Å². The van der Waals surface area contributed by atoms with Gasteiger partial charge in [-0.25, -0.2) is 0 Å². The van der Waals surface area contributed by atoms with Crippen LogP contribution >= 0.6 is 0 Å². The zero-order valence-electron chi connectivity index (χ0n) is 15.5. The predicted molar refractivity (Wildman–Crippen MR) is 96.7 cm³/mol. The molecule has 0 aromatic rings. The fourth-order valence-electron chi connectivity index (χ4n) is 3.57. The highest BCUT2D eigenvalue weighted by Gasteiger charge is 2.19. The number of hydrogen-bond donors (Lipinski definition) is 2. The van der Waals surface area contributed by atoms with Crippen molar-refractivity contribution in [1.29, 1.82) is 0 Å². The van der Waals surface area contributed by atoms with Gasteiger partial charge in [0.1, 0.15) is 0 Å². The smallest absolute Gasteiger partial charge is 0.317 e. The third kappa shape index (κ3) is 7.68. The molecule has 0 aliphatic carbocycles. The van der Waals surface area contributed by atoms with Gasteiger partial charge in [-0.2, -0.15) is 0 Å². The number of hydrogen-bond acceptors (Lipinski definition) is 6. The maximum Gasteiger partial charge on any atom is 0.317 e. The van der Waals surface area contributed by atoms with E-state index in [1.54, 1.807) is 7.05 Å². The number of rotatable bonds is 4. The van der Waals surface area contributed by atoms with Gasteiger partial charge in [0.15, 0.2) is 0 Å². The number of amides is 1. The second kappa shape index (κ2) is 10.7. The fourth-order valence-corrected chi connectivity index (χ4v) is 3.57. The van der Waals surface area contributed by atoms with Gasteiger partial charge >= 0.3 is 5.97 Å². The minimum atomic E-state index is -0.744. The van der Waals surface area contributed by atoms with Crippen molar-refractivity contribution in [2.45, 2.75) is 12.8 Å². The SMILES string of the molecule is CNC(=O)CN1CCCN2CCN(CCCN(CC(=O)O)CC2)CC1. The molecule has 2 fully saturated rings. The summed E-state index contributed by atoms with van der Waals surface area (Å²) in [6.07, 6.45) is 2.03. The minimum absolute atomic E-state index is 0.0749. The molecule has 2 unspecified atom stereocenters. The van der Waals surface area contributed by atoms with Crippen LogP contribution in [0.4, 0.5) is 0 Å². The molecular formula is C17H33N5O3. The van der Waals surface area contributed by atoms with E-state index >= 15 is 0 Å². The lowest BCUT2D eigenvalue weighted by atomic mass is 10.2. The number of fused-ring (bicyclic) bond motifs is 3. The Bertz CT molecular complexity index is 435. The van der Waals surface area contributed by atoms with Gasteiger partial charge in [0.05, 0.1) is 13.1 Å². The van der Waals surface area contributed by atoms with E-state index in [1.165, 1.54) is 0 Å². The van der Waals surface area contributed by atoms with Gasteiger partial charge in [0, 0.05) is 52.9 Å². The molecule has 144 valence electrons. The highest BCUT2D eigenvalue weighted by Crippen LogP contribution is 2.06.